The average Bonchev–Trinajstić information content (AvgIpc) is 2.82. The van der Waals surface area contributed by atoms with Crippen LogP contribution in [-0.2, 0) is 0 Å². The molecular weight excluding hydrogens is 238 g/mol. The van der Waals surface area contributed by atoms with E-state index in [1.165, 1.54) is 5.56 Å². The molecule has 0 aliphatic carbocycles. The van der Waals surface area contributed by atoms with Gasteiger partial charge in [-0.2, -0.15) is 0 Å². The average molecular weight is 251 g/mol. The Morgan fingerprint density at radius 1 is 1.16 bits per heavy atom. The molecule has 0 aliphatic rings. The molecule has 4 heteroatoms. The summed E-state index contributed by atoms with van der Waals surface area (Å²) in [6, 6.07) is 13.3. The van der Waals surface area contributed by atoms with Crippen LogP contribution in [0.25, 0.3) is 22.4 Å². The summed E-state index contributed by atoms with van der Waals surface area (Å²) in [7, 11) is 0. The highest BCUT2D eigenvalue weighted by molar-refractivity contribution is 5.96. The molecule has 4 nitrogen and oxygen atoms in total. The van der Waals surface area contributed by atoms with Crippen LogP contribution in [0.15, 0.2) is 42.5 Å². The van der Waals surface area contributed by atoms with E-state index in [4.69, 9.17) is 5.73 Å². The Bertz CT molecular complexity index is 757. The number of hydrogen-bond acceptors (Lipinski definition) is 2. The minimum atomic E-state index is -0.437. The number of benzene rings is 2. The number of rotatable bonds is 2. The topological polar surface area (TPSA) is 71.8 Å². The van der Waals surface area contributed by atoms with Crippen molar-refractivity contribution in [2.75, 3.05) is 0 Å². The van der Waals surface area contributed by atoms with Gasteiger partial charge in [-0.25, -0.2) is 4.98 Å². The Balaban J connectivity index is 2.11. The normalized spacial score (nSPS) is 10.8. The zero-order valence-corrected chi connectivity index (χ0v) is 10.5. The van der Waals surface area contributed by atoms with E-state index in [1.54, 1.807) is 18.2 Å². The molecule has 0 bridgehead atoms. The maximum atomic E-state index is 11.1. The van der Waals surface area contributed by atoms with Gasteiger partial charge in [0.25, 0.3) is 0 Å². The van der Waals surface area contributed by atoms with Gasteiger partial charge in [0.15, 0.2) is 0 Å². The number of aromatic amines is 1. The van der Waals surface area contributed by atoms with Crippen molar-refractivity contribution in [3.8, 4) is 11.4 Å². The molecule has 0 saturated carbocycles. The molecule has 0 radical (unpaired) electrons. The summed E-state index contributed by atoms with van der Waals surface area (Å²) in [5, 5.41) is 0. The number of primary amides is 1. The van der Waals surface area contributed by atoms with Crippen LogP contribution < -0.4 is 5.73 Å². The number of imidazole rings is 1. The van der Waals surface area contributed by atoms with E-state index in [1.807, 2.05) is 31.2 Å². The summed E-state index contributed by atoms with van der Waals surface area (Å²) in [6.07, 6.45) is 0. The number of carbonyl (C=O) groups is 1. The number of nitrogens with two attached hydrogens (primary N) is 1. The smallest absolute Gasteiger partial charge is 0.248 e. The van der Waals surface area contributed by atoms with Crippen molar-refractivity contribution in [3.05, 3.63) is 53.6 Å². The molecule has 3 aromatic rings. The zero-order valence-electron chi connectivity index (χ0n) is 10.5. The van der Waals surface area contributed by atoms with Crippen LogP contribution in [0.2, 0.25) is 0 Å². The molecule has 3 N–H and O–H groups in total. The van der Waals surface area contributed by atoms with Gasteiger partial charge in [0.2, 0.25) is 5.91 Å². The number of carbonyl (C=O) groups excluding carboxylic acids is 1. The van der Waals surface area contributed by atoms with Crippen LogP contribution in [0.4, 0.5) is 0 Å². The van der Waals surface area contributed by atoms with E-state index in [0.29, 0.717) is 5.56 Å². The van der Waals surface area contributed by atoms with Gasteiger partial charge in [-0.05, 0) is 25.1 Å². The van der Waals surface area contributed by atoms with Crippen LogP contribution in [-0.4, -0.2) is 15.9 Å². The summed E-state index contributed by atoms with van der Waals surface area (Å²) < 4.78 is 0. The van der Waals surface area contributed by atoms with E-state index in [9.17, 15) is 4.79 Å². The van der Waals surface area contributed by atoms with Gasteiger partial charge in [0.05, 0.1) is 11.0 Å². The molecule has 0 saturated heterocycles. The monoisotopic (exact) mass is 251 g/mol. The first-order chi connectivity index (χ1) is 9.13. The standard InChI is InChI=1S/C15H13N3O/c1-9-2-4-10(5-3-9)15-17-12-7-6-11(14(16)19)8-13(12)18-15/h2-8H,1H3,(H2,16,19)(H,17,18). The minimum Gasteiger partial charge on any atom is -0.366 e. The van der Waals surface area contributed by atoms with Gasteiger partial charge in [-0.15, -0.1) is 0 Å². The lowest BCUT2D eigenvalue weighted by Gasteiger charge is -1.96. The SMILES string of the molecule is Cc1ccc(-c2nc3ccc(C(N)=O)cc3[nH]2)cc1. The number of fused-ring (bicyclic) bond motifs is 1. The fourth-order valence-corrected chi connectivity index (χ4v) is 2.01. The Hall–Kier alpha value is -2.62. The maximum absolute atomic E-state index is 11.1. The lowest BCUT2D eigenvalue weighted by molar-refractivity contribution is 0.100. The number of nitrogens with one attached hydrogen (secondary N) is 1. The van der Waals surface area contributed by atoms with Crippen molar-refractivity contribution < 1.29 is 4.79 Å². The van der Waals surface area contributed by atoms with Gasteiger partial charge in [0, 0.05) is 11.1 Å². The van der Waals surface area contributed by atoms with Crippen molar-refractivity contribution >= 4 is 16.9 Å². The van der Waals surface area contributed by atoms with E-state index in [0.717, 1.165) is 22.4 Å². The van der Waals surface area contributed by atoms with Crippen molar-refractivity contribution in [1.29, 1.82) is 0 Å². The van der Waals surface area contributed by atoms with Crippen molar-refractivity contribution in [2.45, 2.75) is 6.92 Å². The summed E-state index contributed by atoms with van der Waals surface area (Å²) in [4.78, 5) is 18.9. The van der Waals surface area contributed by atoms with Gasteiger partial charge in [-0.3, -0.25) is 4.79 Å². The highest BCUT2D eigenvalue weighted by Crippen LogP contribution is 2.21. The largest absolute Gasteiger partial charge is 0.366 e. The molecule has 1 heterocycles. The summed E-state index contributed by atoms with van der Waals surface area (Å²) >= 11 is 0. The molecule has 0 aliphatic heterocycles. The van der Waals surface area contributed by atoms with Gasteiger partial charge >= 0.3 is 0 Å². The van der Waals surface area contributed by atoms with E-state index < -0.39 is 5.91 Å². The van der Waals surface area contributed by atoms with E-state index >= 15 is 0 Å². The number of aryl methyl sites for hydroxylation is 1. The molecule has 0 unspecified atom stereocenters. The lowest BCUT2D eigenvalue weighted by atomic mass is 10.1. The number of H-pyrrole nitrogens is 1. The fraction of sp³-hybridized carbons (Fsp3) is 0.0667. The number of amides is 1. The molecule has 0 spiro atoms. The van der Waals surface area contributed by atoms with E-state index in [2.05, 4.69) is 9.97 Å². The van der Waals surface area contributed by atoms with Crippen LogP contribution in [0, 0.1) is 6.92 Å². The second-order valence-corrected chi connectivity index (χ2v) is 4.55. The number of nitrogens with zero attached hydrogens (tertiary/aromatic N) is 1. The van der Waals surface area contributed by atoms with E-state index in [-0.39, 0.29) is 0 Å². The third-order valence-electron chi connectivity index (χ3n) is 3.09. The lowest BCUT2D eigenvalue weighted by Crippen LogP contribution is -2.10. The predicted octanol–water partition coefficient (Wildman–Crippen LogP) is 2.64. The van der Waals surface area contributed by atoms with Gasteiger partial charge in [0.1, 0.15) is 5.82 Å². The minimum absolute atomic E-state index is 0.437. The van der Waals surface area contributed by atoms with Crippen molar-refractivity contribution in [1.82, 2.24) is 9.97 Å². The molecule has 94 valence electrons. The van der Waals surface area contributed by atoms with Crippen LogP contribution in [0.5, 0.6) is 0 Å². The second kappa shape index (κ2) is 4.24. The first-order valence-electron chi connectivity index (χ1n) is 6.00. The zero-order chi connectivity index (χ0) is 13.4. The highest BCUT2D eigenvalue weighted by atomic mass is 16.1. The Kier molecular flexibility index (Phi) is 2.56. The first-order valence-corrected chi connectivity index (χ1v) is 6.00. The van der Waals surface area contributed by atoms with Crippen molar-refractivity contribution in [3.63, 3.8) is 0 Å². The third kappa shape index (κ3) is 2.08. The second-order valence-electron chi connectivity index (χ2n) is 4.55. The number of aromatic nitrogens is 2. The molecule has 1 amide bonds. The summed E-state index contributed by atoms with van der Waals surface area (Å²) in [5.41, 5.74) is 9.60. The third-order valence-corrected chi connectivity index (χ3v) is 3.09. The first kappa shape index (κ1) is 11.5. The molecule has 0 atom stereocenters. The molecule has 3 rings (SSSR count). The summed E-state index contributed by atoms with van der Waals surface area (Å²) in [5.74, 6) is 0.352. The Morgan fingerprint density at radius 3 is 2.58 bits per heavy atom. The number of hydrogen-bond donors (Lipinski definition) is 2. The van der Waals surface area contributed by atoms with Crippen LogP contribution in [0.3, 0.4) is 0 Å². The van der Waals surface area contributed by atoms with Crippen LogP contribution >= 0.6 is 0 Å². The Morgan fingerprint density at radius 2 is 1.89 bits per heavy atom. The molecule has 0 fully saturated rings. The highest BCUT2D eigenvalue weighted by Gasteiger charge is 2.07. The quantitative estimate of drug-likeness (QED) is 0.735. The molecular formula is C15H13N3O. The van der Waals surface area contributed by atoms with Crippen molar-refractivity contribution in [2.24, 2.45) is 5.73 Å². The molecule has 2 aromatic carbocycles. The Labute approximate surface area is 110 Å². The van der Waals surface area contributed by atoms with Crippen LogP contribution in [0.1, 0.15) is 15.9 Å². The predicted molar refractivity (Wildman–Crippen MR) is 74.8 cm³/mol. The molecule has 19 heavy (non-hydrogen) atoms. The maximum Gasteiger partial charge on any atom is 0.248 e. The van der Waals surface area contributed by atoms with Gasteiger partial charge in [-0.1, -0.05) is 29.8 Å². The summed E-state index contributed by atoms with van der Waals surface area (Å²) in [6.45, 7) is 2.04. The fourth-order valence-electron chi connectivity index (χ4n) is 2.01. The van der Waals surface area contributed by atoms with Gasteiger partial charge < -0.3 is 10.7 Å². The molecule has 1 aromatic heterocycles.